The Hall–Kier alpha value is -1.23. The maximum absolute atomic E-state index is 13.1. The second-order valence-corrected chi connectivity index (χ2v) is 4.95. The van der Waals surface area contributed by atoms with Crippen molar-refractivity contribution >= 4 is 0 Å². The SMILES string of the molecule is CCC(C)c1ccc(OC(C)COC)c(C(F)(F)F)c1. The van der Waals surface area contributed by atoms with E-state index in [0.29, 0.717) is 5.56 Å². The van der Waals surface area contributed by atoms with Crippen LogP contribution in [0.1, 0.15) is 44.2 Å². The number of alkyl halides is 3. The van der Waals surface area contributed by atoms with Gasteiger partial charge < -0.3 is 9.47 Å². The molecule has 1 rings (SSSR count). The Morgan fingerprint density at radius 2 is 1.85 bits per heavy atom. The van der Waals surface area contributed by atoms with E-state index in [1.807, 2.05) is 13.8 Å². The maximum Gasteiger partial charge on any atom is 0.419 e. The Kier molecular flexibility index (Phi) is 5.87. The van der Waals surface area contributed by atoms with Crippen molar-refractivity contribution in [3.8, 4) is 5.75 Å². The van der Waals surface area contributed by atoms with Crippen molar-refractivity contribution in [2.24, 2.45) is 0 Å². The Morgan fingerprint density at radius 3 is 2.35 bits per heavy atom. The van der Waals surface area contributed by atoms with Crippen LogP contribution in [0.15, 0.2) is 18.2 Å². The van der Waals surface area contributed by atoms with Crippen LogP contribution in [-0.4, -0.2) is 19.8 Å². The molecule has 114 valence electrons. The molecule has 0 saturated carbocycles. The standard InChI is InChI=1S/C15H21F3O2/c1-5-10(2)12-6-7-14(20-11(3)9-19-4)13(8-12)15(16,17)18/h6-8,10-11H,5,9H2,1-4H3. The van der Waals surface area contributed by atoms with Crippen LogP contribution >= 0.6 is 0 Å². The molecule has 0 aliphatic rings. The highest BCUT2D eigenvalue weighted by molar-refractivity contribution is 5.40. The van der Waals surface area contributed by atoms with Crippen molar-refractivity contribution in [1.82, 2.24) is 0 Å². The molecule has 0 heterocycles. The lowest BCUT2D eigenvalue weighted by molar-refractivity contribution is -0.139. The average molecular weight is 290 g/mol. The lowest BCUT2D eigenvalue weighted by Gasteiger charge is -2.20. The minimum atomic E-state index is -4.43. The van der Waals surface area contributed by atoms with Gasteiger partial charge >= 0.3 is 6.18 Å². The summed E-state index contributed by atoms with van der Waals surface area (Å²) in [4.78, 5) is 0. The van der Waals surface area contributed by atoms with Crippen LogP contribution in [-0.2, 0) is 10.9 Å². The quantitative estimate of drug-likeness (QED) is 0.760. The van der Waals surface area contributed by atoms with Crippen LogP contribution in [0.5, 0.6) is 5.75 Å². The van der Waals surface area contributed by atoms with E-state index in [-0.39, 0.29) is 18.3 Å². The monoisotopic (exact) mass is 290 g/mol. The zero-order chi connectivity index (χ0) is 15.3. The van der Waals surface area contributed by atoms with Gasteiger partial charge in [-0.2, -0.15) is 13.2 Å². The number of hydrogen-bond donors (Lipinski definition) is 0. The van der Waals surface area contributed by atoms with Crippen molar-refractivity contribution in [2.45, 2.75) is 45.4 Å². The molecule has 0 saturated heterocycles. The van der Waals surface area contributed by atoms with Gasteiger partial charge in [-0.05, 0) is 37.0 Å². The van der Waals surface area contributed by atoms with Crippen LogP contribution in [0.2, 0.25) is 0 Å². The van der Waals surface area contributed by atoms with Crippen LogP contribution in [0.4, 0.5) is 13.2 Å². The summed E-state index contributed by atoms with van der Waals surface area (Å²) in [6, 6.07) is 4.28. The molecule has 2 atom stereocenters. The van der Waals surface area contributed by atoms with Crippen molar-refractivity contribution in [1.29, 1.82) is 0 Å². The van der Waals surface area contributed by atoms with Gasteiger partial charge in [-0.25, -0.2) is 0 Å². The molecule has 0 amide bonds. The van der Waals surface area contributed by atoms with Crippen LogP contribution in [0, 0.1) is 0 Å². The normalized spacial score (nSPS) is 14.9. The number of benzene rings is 1. The molecule has 2 unspecified atom stereocenters. The van der Waals surface area contributed by atoms with Crippen LogP contribution < -0.4 is 4.74 Å². The zero-order valence-corrected chi connectivity index (χ0v) is 12.3. The average Bonchev–Trinajstić information content (AvgIpc) is 2.37. The van der Waals surface area contributed by atoms with Gasteiger partial charge in [0.2, 0.25) is 0 Å². The summed E-state index contributed by atoms with van der Waals surface area (Å²) in [5.41, 5.74) is -0.0511. The molecule has 0 aliphatic carbocycles. The van der Waals surface area contributed by atoms with E-state index in [1.54, 1.807) is 13.0 Å². The fourth-order valence-electron chi connectivity index (χ4n) is 1.90. The van der Waals surface area contributed by atoms with E-state index >= 15 is 0 Å². The lowest BCUT2D eigenvalue weighted by Crippen LogP contribution is -2.20. The van der Waals surface area contributed by atoms with E-state index in [1.165, 1.54) is 19.2 Å². The molecule has 2 nitrogen and oxygen atoms in total. The van der Waals surface area contributed by atoms with Gasteiger partial charge in [0.25, 0.3) is 0 Å². The summed E-state index contributed by atoms with van der Waals surface area (Å²) in [7, 11) is 1.48. The van der Waals surface area contributed by atoms with Gasteiger partial charge in [0.1, 0.15) is 11.9 Å². The van der Waals surface area contributed by atoms with E-state index < -0.39 is 17.8 Å². The minimum absolute atomic E-state index is 0.0848. The first-order chi connectivity index (χ1) is 9.29. The Morgan fingerprint density at radius 1 is 1.20 bits per heavy atom. The Balaban J connectivity index is 3.11. The molecular formula is C15H21F3O2. The Labute approximate surface area is 117 Å². The summed E-state index contributed by atoms with van der Waals surface area (Å²) < 4.78 is 49.6. The third-order valence-corrected chi connectivity index (χ3v) is 3.22. The first-order valence-electron chi connectivity index (χ1n) is 6.66. The van der Waals surface area contributed by atoms with Gasteiger partial charge in [-0.3, -0.25) is 0 Å². The van der Waals surface area contributed by atoms with Crippen molar-refractivity contribution < 1.29 is 22.6 Å². The van der Waals surface area contributed by atoms with Gasteiger partial charge in [-0.1, -0.05) is 19.9 Å². The van der Waals surface area contributed by atoms with E-state index in [0.717, 1.165) is 6.42 Å². The highest BCUT2D eigenvalue weighted by Crippen LogP contribution is 2.38. The number of rotatable bonds is 6. The fourth-order valence-corrected chi connectivity index (χ4v) is 1.90. The topological polar surface area (TPSA) is 18.5 Å². The van der Waals surface area contributed by atoms with Gasteiger partial charge in [-0.15, -0.1) is 0 Å². The smallest absolute Gasteiger partial charge is 0.419 e. The van der Waals surface area contributed by atoms with Crippen molar-refractivity contribution in [2.75, 3.05) is 13.7 Å². The second kappa shape index (κ2) is 6.97. The van der Waals surface area contributed by atoms with E-state index in [9.17, 15) is 13.2 Å². The molecule has 0 fully saturated rings. The first-order valence-corrected chi connectivity index (χ1v) is 6.66. The van der Waals surface area contributed by atoms with Gasteiger partial charge in [0.05, 0.1) is 12.2 Å². The molecule has 0 aromatic heterocycles. The van der Waals surface area contributed by atoms with E-state index in [2.05, 4.69) is 0 Å². The molecule has 0 spiro atoms. The third kappa shape index (κ3) is 4.40. The maximum atomic E-state index is 13.1. The highest BCUT2D eigenvalue weighted by atomic mass is 19.4. The highest BCUT2D eigenvalue weighted by Gasteiger charge is 2.35. The summed E-state index contributed by atoms with van der Waals surface area (Å²) in [5.74, 6) is -0.0596. The van der Waals surface area contributed by atoms with E-state index in [4.69, 9.17) is 9.47 Å². The molecule has 0 radical (unpaired) electrons. The predicted molar refractivity (Wildman–Crippen MR) is 72.1 cm³/mol. The number of hydrogen-bond acceptors (Lipinski definition) is 2. The number of ether oxygens (including phenoxy) is 2. The summed E-state index contributed by atoms with van der Waals surface area (Å²) in [6.45, 7) is 5.77. The summed E-state index contributed by atoms with van der Waals surface area (Å²) >= 11 is 0. The summed E-state index contributed by atoms with van der Waals surface area (Å²) in [6.07, 6.45) is -4.07. The molecule has 5 heteroatoms. The number of methoxy groups -OCH3 is 1. The van der Waals surface area contributed by atoms with Crippen LogP contribution in [0.3, 0.4) is 0 Å². The zero-order valence-electron chi connectivity index (χ0n) is 12.3. The minimum Gasteiger partial charge on any atom is -0.488 e. The summed E-state index contributed by atoms with van der Waals surface area (Å²) in [5, 5.41) is 0. The van der Waals surface area contributed by atoms with Gasteiger partial charge in [0, 0.05) is 7.11 Å². The fraction of sp³-hybridized carbons (Fsp3) is 0.600. The molecule has 1 aromatic rings. The van der Waals surface area contributed by atoms with Gasteiger partial charge in [0.15, 0.2) is 0 Å². The van der Waals surface area contributed by atoms with Crippen molar-refractivity contribution in [3.05, 3.63) is 29.3 Å². The second-order valence-electron chi connectivity index (χ2n) is 4.95. The Bertz CT molecular complexity index is 430. The number of halogens is 3. The van der Waals surface area contributed by atoms with Crippen LogP contribution in [0.25, 0.3) is 0 Å². The lowest BCUT2D eigenvalue weighted by atomic mass is 9.96. The largest absolute Gasteiger partial charge is 0.488 e. The molecule has 0 aliphatic heterocycles. The molecule has 0 bridgehead atoms. The molecule has 20 heavy (non-hydrogen) atoms. The first kappa shape index (κ1) is 16.8. The molecular weight excluding hydrogens is 269 g/mol. The predicted octanol–water partition coefficient (Wildman–Crippen LogP) is 4.63. The molecule has 1 aromatic carbocycles. The van der Waals surface area contributed by atoms with Crippen molar-refractivity contribution in [3.63, 3.8) is 0 Å². The third-order valence-electron chi connectivity index (χ3n) is 3.22. The molecule has 0 N–H and O–H groups in total.